The number of hydrogen-bond donors (Lipinski definition) is 1. The third-order valence-corrected chi connectivity index (χ3v) is 8.40. The van der Waals surface area contributed by atoms with E-state index in [9.17, 15) is 23.1 Å². The molecule has 0 aliphatic carbocycles. The highest BCUT2D eigenvalue weighted by atomic mass is 19.4. The zero-order chi connectivity index (χ0) is 35.7. The number of carbonyl (C=O) groups is 1. The minimum Gasteiger partial charge on any atom is -0.457 e. The fourth-order valence-corrected chi connectivity index (χ4v) is 5.38. The summed E-state index contributed by atoms with van der Waals surface area (Å²) in [7, 11) is 0.849. The number of ether oxygens (including phenoxy) is 2. The number of hydrogen-bond acceptors (Lipinski definition) is 4. The lowest BCUT2D eigenvalue weighted by atomic mass is 9.88. The molecule has 47 heavy (non-hydrogen) atoms. The van der Waals surface area contributed by atoms with Crippen molar-refractivity contribution in [3.05, 3.63) is 94.1 Å². The maximum absolute atomic E-state index is 14.6. The molecule has 1 N–H and O–H groups in total. The molecule has 1 aromatic rings. The fourth-order valence-electron chi connectivity index (χ4n) is 5.38. The van der Waals surface area contributed by atoms with Crippen LogP contribution in [0, 0.1) is 0 Å². The number of esters is 1. The smallest absolute Gasteiger partial charge is 0.432 e. The maximum atomic E-state index is 14.6. The standard InChI is InChI=1S/C40H59F3O4/c1-30(2)18-13-20-32(5)22-15-23-33(6)24-16-28-36(38(8,45)29-17-25-34(7)21-14-19-31(3)4)47-37(44)39(46-9,40(41,42)43)35-26-11-10-12-27-35/h10-12,18-19,22,24-27,36,45H,13-17,20-21,23,28-29H2,1-9H3/b32-22+,33-24+,34-25+/t36-,38+,39+/m0/s1. The Morgan fingerprint density at radius 3 is 1.64 bits per heavy atom. The van der Waals surface area contributed by atoms with E-state index in [0.29, 0.717) is 12.8 Å². The van der Waals surface area contributed by atoms with Crippen molar-refractivity contribution < 1.29 is 32.5 Å². The van der Waals surface area contributed by atoms with Crippen LogP contribution in [0.4, 0.5) is 13.2 Å². The van der Waals surface area contributed by atoms with Crippen LogP contribution in [-0.2, 0) is 19.9 Å². The summed E-state index contributed by atoms with van der Waals surface area (Å²) in [5, 5.41) is 11.6. The third-order valence-electron chi connectivity index (χ3n) is 8.40. The second-order valence-electron chi connectivity index (χ2n) is 13.4. The van der Waals surface area contributed by atoms with Crippen molar-refractivity contribution in [2.75, 3.05) is 7.11 Å². The van der Waals surface area contributed by atoms with Crippen LogP contribution < -0.4 is 0 Å². The van der Waals surface area contributed by atoms with E-state index >= 15 is 0 Å². The van der Waals surface area contributed by atoms with Crippen molar-refractivity contribution in [2.45, 2.75) is 143 Å². The van der Waals surface area contributed by atoms with Gasteiger partial charge >= 0.3 is 12.1 Å². The number of allylic oxidation sites excluding steroid dienone is 10. The van der Waals surface area contributed by atoms with Crippen LogP contribution in [0.25, 0.3) is 0 Å². The zero-order valence-corrected chi connectivity index (χ0v) is 30.2. The SMILES string of the molecule is CO[C@@](C(=O)O[C@@H](CC/C=C(\C)CC/C=C(\C)CCC=C(C)C)[C@](C)(O)CC/C=C(\C)CCC=C(C)C)(c1ccccc1)C(F)(F)F. The molecule has 264 valence electrons. The number of rotatable bonds is 20. The third kappa shape index (κ3) is 14.8. The van der Waals surface area contributed by atoms with Crippen LogP contribution in [0.1, 0.15) is 125 Å². The quantitative estimate of drug-likeness (QED) is 0.112. The topological polar surface area (TPSA) is 55.8 Å². The number of halogens is 3. The molecule has 1 rings (SSSR count). The predicted octanol–water partition coefficient (Wildman–Crippen LogP) is 11.4. The van der Waals surface area contributed by atoms with Gasteiger partial charge in [0.05, 0.1) is 5.60 Å². The van der Waals surface area contributed by atoms with Gasteiger partial charge < -0.3 is 14.6 Å². The molecule has 0 radical (unpaired) electrons. The second kappa shape index (κ2) is 20.5. The van der Waals surface area contributed by atoms with Gasteiger partial charge in [-0.25, -0.2) is 4.79 Å². The number of aliphatic hydroxyl groups is 1. The van der Waals surface area contributed by atoms with E-state index < -0.39 is 29.5 Å². The molecule has 1 aromatic carbocycles. The Morgan fingerprint density at radius 1 is 0.745 bits per heavy atom. The molecule has 0 aliphatic rings. The Kier molecular flexibility index (Phi) is 18.3. The molecule has 7 heteroatoms. The van der Waals surface area contributed by atoms with Crippen LogP contribution in [0.2, 0.25) is 0 Å². The molecule has 4 nitrogen and oxygen atoms in total. The van der Waals surface area contributed by atoms with E-state index in [4.69, 9.17) is 9.47 Å². The summed E-state index contributed by atoms with van der Waals surface area (Å²) >= 11 is 0. The number of alkyl halides is 3. The van der Waals surface area contributed by atoms with E-state index in [1.54, 1.807) is 6.07 Å². The summed E-state index contributed by atoms with van der Waals surface area (Å²) in [6.07, 6.45) is 11.2. The molecule has 0 spiro atoms. The molecule has 3 atom stereocenters. The van der Waals surface area contributed by atoms with Gasteiger partial charge in [0, 0.05) is 12.7 Å². The van der Waals surface area contributed by atoms with E-state index in [1.807, 2.05) is 26.0 Å². The molecule has 0 heterocycles. The first-order valence-electron chi connectivity index (χ1n) is 16.8. The monoisotopic (exact) mass is 660 g/mol. The molecule has 0 bridgehead atoms. The molecule has 0 aliphatic heterocycles. The highest BCUT2D eigenvalue weighted by molar-refractivity contribution is 5.83. The first-order chi connectivity index (χ1) is 22.0. The largest absolute Gasteiger partial charge is 0.457 e. The minimum atomic E-state index is -5.10. The second-order valence-corrected chi connectivity index (χ2v) is 13.4. The average Bonchev–Trinajstić information content (AvgIpc) is 2.96. The molecular formula is C40H59F3O4. The molecule has 0 saturated heterocycles. The lowest BCUT2D eigenvalue weighted by Crippen LogP contribution is -2.54. The number of benzene rings is 1. The van der Waals surface area contributed by atoms with Crippen molar-refractivity contribution in [1.82, 2.24) is 0 Å². The average molecular weight is 661 g/mol. The van der Waals surface area contributed by atoms with Gasteiger partial charge in [0.2, 0.25) is 0 Å². The summed E-state index contributed by atoms with van der Waals surface area (Å²) in [5.41, 5.74) is 0.894. The van der Waals surface area contributed by atoms with Gasteiger partial charge in [-0.3, -0.25) is 0 Å². The molecule has 0 aromatic heterocycles. The van der Waals surface area contributed by atoms with Gasteiger partial charge in [-0.2, -0.15) is 13.2 Å². The van der Waals surface area contributed by atoms with Crippen molar-refractivity contribution in [3.63, 3.8) is 0 Å². The highest BCUT2D eigenvalue weighted by Gasteiger charge is 2.64. The van der Waals surface area contributed by atoms with Crippen molar-refractivity contribution in [2.24, 2.45) is 0 Å². The maximum Gasteiger partial charge on any atom is 0.432 e. The molecule has 0 unspecified atom stereocenters. The summed E-state index contributed by atoms with van der Waals surface area (Å²) in [5.74, 6) is -1.59. The van der Waals surface area contributed by atoms with E-state index in [1.165, 1.54) is 47.9 Å². The summed E-state index contributed by atoms with van der Waals surface area (Å²) in [6, 6.07) is 6.77. The Bertz CT molecular complexity index is 1240. The summed E-state index contributed by atoms with van der Waals surface area (Å²) in [6.45, 7) is 16.0. The molecule has 0 amide bonds. The molecule has 0 fully saturated rings. The van der Waals surface area contributed by atoms with Crippen LogP contribution in [0.15, 0.2) is 88.6 Å². The first-order valence-corrected chi connectivity index (χ1v) is 16.8. The van der Waals surface area contributed by atoms with Crippen LogP contribution in [0.5, 0.6) is 0 Å². The van der Waals surface area contributed by atoms with Gasteiger partial charge in [0.1, 0.15) is 6.10 Å². The van der Waals surface area contributed by atoms with Gasteiger partial charge in [-0.05, 0) is 120 Å². The Labute approximate surface area is 282 Å². The number of carbonyl (C=O) groups excluding carboxylic acids is 1. The Balaban J connectivity index is 3.18. The minimum absolute atomic E-state index is 0.156. The van der Waals surface area contributed by atoms with Crippen LogP contribution in [-0.4, -0.2) is 36.1 Å². The molecule has 0 saturated carbocycles. The van der Waals surface area contributed by atoms with E-state index in [0.717, 1.165) is 56.8 Å². The van der Waals surface area contributed by atoms with Crippen LogP contribution in [0.3, 0.4) is 0 Å². The Morgan fingerprint density at radius 2 is 1.19 bits per heavy atom. The fraction of sp³-hybridized carbons (Fsp3) is 0.575. The van der Waals surface area contributed by atoms with Gasteiger partial charge in [-0.1, -0.05) is 88.6 Å². The summed E-state index contributed by atoms with van der Waals surface area (Å²) in [4.78, 5) is 13.5. The van der Waals surface area contributed by atoms with Crippen LogP contribution >= 0.6 is 0 Å². The van der Waals surface area contributed by atoms with Crippen molar-refractivity contribution >= 4 is 5.97 Å². The van der Waals surface area contributed by atoms with E-state index in [2.05, 4.69) is 52.8 Å². The van der Waals surface area contributed by atoms with Crippen molar-refractivity contribution in [1.29, 1.82) is 0 Å². The Hall–Kier alpha value is -2.90. The lowest BCUT2D eigenvalue weighted by molar-refractivity contribution is -0.281. The normalized spacial score (nSPS) is 16.1. The summed E-state index contributed by atoms with van der Waals surface area (Å²) < 4.78 is 54.5. The van der Waals surface area contributed by atoms with Crippen molar-refractivity contribution in [3.8, 4) is 0 Å². The van der Waals surface area contributed by atoms with E-state index in [-0.39, 0.29) is 18.4 Å². The molecular weight excluding hydrogens is 601 g/mol. The van der Waals surface area contributed by atoms with Gasteiger partial charge in [-0.15, -0.1) is 0 Å². The van der Waals surface area contributed by atoms with Gasteiger partial charge in [0.15, 0.2) is 0 Å². The number of methoxy groups -OCH3 is 1. The zero-order valence-electron chi connectivity index (χ0n) is 30.2. The highest BCUT2D eigenvalue weighted by Crippen LogP contribution is 2.44. The van der Waals surface area contributed by atoms with Gasteiger partial charge in [0.25, 0.3) is 5.60 Å². The predicted molar refractivity (Wildman–Crippen MR) is 188 cm³/mol. The lowest BCUT2D eigenvalue weighted by Gasteiger charge is -2.37. The first kappa shape index (κ1) is 42.1.